The van der Waals surface area contributed by atoms with Crippen molar-refractivity contribution in [2.75, 3.05) is 11.9 Å². The number of carbonyl (C=O) groups excluding carboxylic acids is 2. The number of nitrogens with one attached hydrogen (secondary N) is 1. The van der Waals surface area contributed by atoms with Gasteiger partial charge in [0.2, 0.25) is 0 Å². The largest absolute Gasteiger partial charge is 0.466 e. The molecular formula is C20H28FNO4. The Morgan fingerprint density at radius 2 is 1.85 bits per heavy atom. The van der Waals surface area contributed by atoms with E-state index in [0.29, 0.717) is 6.61 Å². The summed E-state index contributed by atoms with van der Waals surface area (Å²) in [5.74, 6) is -0.454. The molecule has 144 valence electrons. The summed E-state index contributed by atoms with van der Waals surface area (Å²) in [5, 5.41) is 2.44. The smallest absolute Gasteiger partial charge is 0.412 e. The van der Waals surface area contributed by atoms with Crippen molar-refractivity contribution < 1.29 is 23.5 Å². The Kier molecular flexibility index (Phi) is 6.62. The molecule has 6 heteroatoms. The number of hydrogen-bond acceptors (Lipinski definition) is 4. The van der Waals surface area contributed by atoms with Crippen LogP contribution >= 0.6 is 0 Å². The lowest BCUT2D eigenvalue weighted by Gasteiger charge is -2.27. The van der Waals surface area contributed by atoms with Crippen molar-refractivity contribution in [2.24, 2.45) is 5.92 Å². The minimum absolute atomic E-state index is 0.0517. The zero-order valence-corrected chi connectivity index (χ0v) is 15.9. The van der Waals surface area contributed by atoms with E-state index >= 15 is 0 Å². The van der Waals surface area contributed by atoms with Crippen molar-refractivity contribution in [3.63, 3.8) is 0 Å². The minimum Gasteiger partial charge on any atom is -0.466 e. The Hall–Kier alpha value is -2.11. The average Bonchev–Trinajstić information content (AvgIpc) is 2.55. The van der Waals surface area contributed by atoms with Gasteiger partial charge in [0.1, 0.15) is 11.4 Å². The zero-order valence-electron chi connectivity index (χ0n) is 15.9. The second kappa shape index (κ2) is 8.52. The van der Waals surface area contributed by atoms with Gasteiger partial charge in [0, 0.05) is 0 Å². The Morgan fingerprint density at radius 1 is 1.19 bits per heavy atom. The first-order valence-electron chi connectivity index (χ1n) is 9.15. The van der Waals surface area contributed by atoms with Gasteiger partial charge in [-0.1, -0.05) is 6.07 Å². The maximum atomic E-state index is 14.4. The molecular weight excluding hydrogens is 337 g/mol. The highest BCUT2D eigenvalue weighted by atomic mass is 19.1. The highest BCUT2D eigenvalue weighted by molar-refractivity contribution is 5.85. The van der Waals surface area contributed by atoms with E-state index in [1.165, 1.54) is 6.07 Å². The number of halogens is 1. The fourth-order valence-electron chi connectivity index (χ4n) is 3.22. The highest BCUT2D eigenvalue weighted by Crippen LogP contribution is 2.37. The van der Waals surface area contributed by atoms with Gasteiger partial charge >= 0.3 is 12.1 Å². The number of esters is 1. The molecule has 2 rings (SSSR count). The van der Waals surface area contributed by atoms with E-state index in [2.05, 4.69) is 5.32 Å². The lowest BCUT2D eigenvalue weighted by molar-refractivity contribution is -0.149. The summed E-state index contributed by atoms with van der Waals surface area (Å²) < 4.78 is 24.6. The summed E-state index contributed by atoms with van der Waals surface area (Å²) in [7, 11) is 0. The highest BCUT2D eigenvalue weighted by Gasteiger charge is 2.28. The van der Waals surface area contributed by atoms with Gasteiger partial charge in [-0.2, -0.15) is 0 Å². The summed E-state index contributed by atoms with van der Waals surface area (Å²) in [6, 6.07) is 4.85. The van der Waals surface area contributed by atoms with E-state index in [0.717, 1.165) is 31.2 Å². The summed E-state index contributed by atoms with van der Waals surface area (Å²) in [6.07, 6.45) is 2.47. The summed E-state index contributed by atoms with van der Waals surface area (Å²) in [4.78, 5) is 23.6. The number of rotatable bonds is 4. The van der Waals surface area contributed by atoms with E-state index in [-0.39, 0.29) is 23.5 Å². The lowest BCUT2D eigenvalue weighted by Crippen LogP contribution is -2.27. The molecule has 0 bridgehead atoms. The van der Waals surface area contributed by atoms with Gasteiger partial charge in [-0.25, -0.2) is 9.18 Å². The first-order chi connectivity index (χ1) is 12.2. The van der Waals surface area contributed by atoms with Crippen molar-refractivity contribution in [3.05, 3.63) is 29.6 Å². The van der Waals surface area contributed by atoms with Crippen molar-refractivity contribution in [1.29, 1.82) is 0 Å². The predicted molar refractivity (Wildman–Crippen MR) is 97.6 cm³/mol. The molecule has 0 aromatic heterocycles. The van der Waals surface area contributed by atoms with Crippen molar-refractivity contribution in [2.45, 2.75) is 64.9 Å². The molecule has 0 radical (unpaired) electrons. The van der Waals surface area contributed by atoms with E-state index in [9.17, 15) is 14.0 Å². The van der Waals surface area contributed by atoms with E-state index in [1.54, 1.807) is 33.8 Å². The molecule has 0 heterocycles. The van der Waals surface area contributed by atoms with Crippen molar-refractivity contribution in [1.82, 2.24) is 0 Å². The third-order valence-corrected chi connectivity index (χ3v) is 4.45. The molecule has 1 fully saturated rings. The van der Waals surface area contributed by atoms with Crippen LogP contribution in [0, 0.1) is 11.7 Å². The topological polar surface area (TPSA) is 64.6 Å². The summed E-state index contributed by atoms with van der Waals surface area (Å²) in [6.45, 7) is 7.45. The van der Waals surface area contributed by atoms with Crippen LogP contribution in [0.25, 0.3) is 0 Å². The number of hydrogen-bond donors (Lipinski definition) is 1. The Balaban J connectivity index is 1.95. The van der Waals surface area contributed by atoms with Gasteiger partial charge in [0.05, 0.1) is 18.2 Å². The number of ether oxygens (including phenoxy) is 2. The minimum atomic E-state index is -0.681. The molecule has 0 saturated heterocycles. The number of amides is 1. The van der Waals surface area contributed by atoms with Gasteiger partial charge in [0.15, 0.2) is 0 Å². The normalized spacial score (nSPS) is 20.3. The maximum absolute atomic E-state index is 14.4. The monoisotopic (exact) mass is 365 g/mol. The summed E-state index contributed by atoms with van der Waals surface area (Å²) >= 11 is 0. The van der Waals surface area contributed by atoms with Crippen LogP contribution in [0.1, 0.15) is 64.9 Å². The predicted octanol–water partition coefficient (Wildman–Crippen LogP) is 5.01. The quantitative estimate of drug-likeness (QED) is 0.762. The van der Waals surface area contributed by atoms with Gasteiger partial charge in [0.25, 0.3) is 0 Å². The molecule has 1 aromatic rings. The summed E-state index contributed by atoms with van der Waals surface area (Å²) in [5.41, 5.74) is 0.348. The van der Waals surface area contributed by atoms with Crippen molar-refractivity contribution >= 4 is 17.7 Å². The Morgan fingerprint density at radius 3 is 2.38 bits per heavy atom. The molecule has 1 aliphatic rings. The van der Waals surface area contributed by atoms with Gasteiger partial charge in [-0.15, -0.1) is 0 Å². The van der Waals surface area contributed by atoms with Crippen LogP contribution in [0.3, 0.4) is 0 Å². The van der Waals surface area contributed by atoms with Gasteiger partial charge < -0.3 is 9.47 Å². The van der Waals surface area contributed by atoms with Crippen LogP contribution in [0.2, 0.25) is 0 Å². The van der Waals surface area contributed by atoms with Crippen LogP contribution in [-0.4, -0.2) is 24.3 Å². The first kappa shape index (κ1) is 20.2. The number of carbonyl (C=O) groups is 2. The molecule has 26 heavy (non-hydrogen) atoms. The van der Waals surface area contributed by atoms with Gasteiger partial charge in [-0.3, -0.25) is 10.1 Å². The first-order valence-corrected chi connectivity index (χ1v) is 9.15. The van der Waals surface area contributed by atoms with Crippen LogP contribution in [-0.2, 0) is 14.3 Å². The standard InChI is InChI=1S/C20H28FNO4/c1-5-25-18(23)14-8-6-13(7-9-14)15-10-11-17(16(21)12-15)22-19(24)26-20(2,3)4/h10-14H,5-9H2,1-4H3,(H,22,24). The van der Waals surface area contributed by atoms with Gasteiger partial charge in [-0.05, 0) is 77.0 Å². The molecule has 5 nitrogen and oxygen atoms in total. The van der Waals surface area contributed by atoms with E-state index < -0.39 is 17.5 Å². The Labute approximate surface area is 154 Å². The fraction of sp³-hybridized carbons (Fsp3) is 0.600. The molecule has 0 unspecified atom stereocenters. The molecule has 1 amide bonds. The van der Waals surface area contributed by atoms with Crippen LogP contribution in [0.4, 0.5) is 14.9 Å². The molecule has 0 spiro atoms. The second-order valence-electron chi connectivity index (χ2n) is 7.67. The lowest BCUT2D eigenvalue weighted by atomic mass is 9.78. The average molecular weight is 365 g/mol. The number of anilines is 1. The SMILES string of the molecule is CCOC(=O)C1CCC(c2ccc(NC(=O)OC(C)(C)C)c(F)c2)CC1. The van der Waals surface area contributed by atoms with E-state index in [4.69, 9.17) is 9.47 Å². The molecule has 1 saturated carbocycles. The van der Waals surface area contributed by atoms with Crippen molar-refractivity contribution in [3.8, 4) is 0 Å². The third kappa shape index (κ3) is 5.71. The number of benzene rings is 1. The molecule has 1 N–H and O–H groups in total. The fourth-order valence-corrected chi connectivity index (χ4v) is 3.22. The Bertz CT molecular complexity index is 646. The second-order valence-corrected chi connectivity index (χ2v) is 7.67. The molecule has 0 aliphatic heterocycles. The van der Waals surface area contributed by atoms with Crippen LogP contribution in [0.15, 0.2) is 18.2 Å². The molecule has 0 atom stereocenters. The van der Waals surface area contributed by atoms with E-state index in [1.807, 2.05) is 6.07 Å². The molecule has 1 aromatic carbocycles. The molecule has 1 aliphatic carbocycles. The third-order valence-electron chi connectivity index (χ3n) is 4.45. The van der Waals surface area contributed by atoms with Crippen LogP contribution < -0.4 is 5.32 Å². The maximum Gasteiger partial charge on any atom is 0.412 e. The zero-order chi connectivity index (χ0) is 19.3. The van der Waals surface area contributed by atoms with Crippen LogP contribution in [0.5, 0.6) is 0 Å².